The lowest BCUT2D eigenvalue weighted by Gasteiger charge is -2.24. The molecule has 1 saturated carbocycles. The Morgan fingerprint density at radius 1 is 1.22 bits per heavy atom. The van der Waals surface area contributed by atoms with Gasteiger partial charge in [-0.3, -0.25) is 0 Å². The van der Waals surface area contributed by atoms with E-state index in [1.54, 1.807) is 6.33 Å². The van der Waals surface area contributed by atoms with E-state index in [1.807, 2.05) is 7.05 Å². The molecular formula is C14H23N3O. The first-order valence-electron chi connectivity index (χ1n) is 6.91. The van der Waals surface area contributed by atoms with Crippen molar-refractivity contribution in [3.8, 4) is 5.88 Å². The highest BCUT2D eigenvalue weighted by Crippen LogP contribution is 2.32. The van der Waals surface area contributed by atoms with Gasteiger partial charge in [-0.2, -0.15) is 0 Å². The van der Waals surface area contributed by atoms with Crippen LogP contribution < -0.4 is 10.1 Å². The maximum atomic E-state index is 6.10. The summed E-state index contributed by atoms with van der Waals surface area (Å²) in [6.07, 6.45) is 8.08. The molecule has 0 aromatic carbocycles. The zero-order valence-electron chi connectivity index (χ0n) is 11.6. The number of nitrogens with one attached hydrogen (secondary N) is 1. The minimum atomic E-state index is 0.329. The largest absolute Gasteiger partial charge is 0.474 e. The van der Waals surface area contributed by atoms with Crippen molar-refractivity contribution in [1.29, 1.82) is 0 Å². The van der Waals surface area contributed by atoms with Gasteiger partial charge in [0.05, 0.1) is 5.56 Å². The maximum absolute atomic E-state index is 6.10. The van der Waals surface area contributed by atoms with Gasteiger partial charge in [0.2, 0.25) is 5.88 Å². The Balaban J connectivity index is 2.20. The average Bonchev–Trinajstić information content (AvgIpc) is 2.39. The number of hydrogen-bond donors (Lipinski definition) is 1. The van der Waals surface area contributed by atoms with Crippen molar-refractivity contribution in [3.63, 3.8) is 0 Å². The van der Waals surface area contributed by atoms with Crippen molar-refractivity contribution in [2.45, 2.75) is 58.0 Å². The van der Waals surface area contributed by atoms with Crippen LogP contribution in [-0.4, -0.2) is 23.1 Å². The van der Waals surface area contributed by atoms with Gasteiger partial charge in [-0.25, -0.2) is 9.97 Å². The van der Waals surface area contributed by atoms with Gasteiger partial charge < -0.3 is 10.1 Å². The van der Waals surface area contributed by atoms with Crippen LogP contribution in [0.3, 0.4) is 0 Å². The van der Waals surface area contributed by atoms with Gasteiger partial charge in [0.1, 0.15) is 18.2 Å². The minimum Gasteiger partial charge on any atom is -0.474 e. The number of aromatic nitrogens is 2. The molecule has 1 aromatic rings. The molecule has 100 valence electrons. The van der Waals surface area contributed by atoms with Crippen LogP contribution in [0.2, 0.25) is 0 Å². The van der Waals surface area contributed by atoms with E-state index in [4.69, 9.17) is 4.74 Å². The topological polar surface area (TPSA) is 47.0 Å². The van der Waals surface area contributed by atoms with Gasteiger partial charge in [-0.1, -0.05) is 20.3 Å². The first-order valence-corrected chi connectivity index (χ1v) is 6.91. The van der Waals surface area contributed by atoms with Gasteiger partial charge in [-0.05, 0) is 31.6 Å². The Labute approximate surface area is 109 Å². The van der Waals surface area contributed by atoms with Crippen LogP contribution >= 0.6 is 0 Å². The van der Waals surface area contributed by atoms with E-state index in [1.165, 1.54) is 19.3 Å². The molecule has 1 N–H and O–H groups in total. The van der Waals surface area contributed by atoms with Crippen LogP contribution in [0.1, 0.15) is 57.4 Å². The molecule has 1 aromatic heterocycles. The molecule has 1 heterocycles. The summed E-state index contributed by atoms with van der Waals surface area (Å²) in [5.41, 5.74) is 1.09. The molecule has 0 bridgehead atoms. The van der Waals surface area contributed by atoms with Crippen molar-refractivity contribution >= 4 is 5.82 Å². The second kappa shape index (κ2) is 6.03. The number of hydrogen-bond acceptors (Lipinski definition) is 4. The third kappa shape index (κ3) is 2.92. The number of ether oxygens (including phenoxy) is 1. The molecule has 0 unspecified atom stereocenters. The first-order chi connectivity index (χ1) is 8.72. The molecule has 18 heavy (non-hydrogen) atoms. The SMILES string of the molecule is CNc1ncnc(OC2CCCCC2)c1C(C)C. The van der Waals surface area contributed by atoms with Gasteiger partial charge in [0.25, 0.3) is 0 Å². The molecule has 1 aliphatic carbocycles. The predicted octanol–water partition coefficient (Wildman–Crippen LogP) is 3.35. The minimum absolute atomic E-state index is 0.329. The van der Waals surface area contributed by atoms with E-state index < -0.39 is 0 Å². The van der Waals surface area contributed by atoms with Crippen molar-refractivity contribution in [1.82, 2.24) is 9.97 Å². The summed E-state index contributed by atoms with van der Waals surface area (Å²) in [7, 11) is 1.89. The fourth-order valence-electron chi connectivity index (χ4n) is 2.53. The highest BCUT2D eigenvalue weighted by atomic mass is 16.5. The van der Waals surface area contributed by atoms with Crippen molar-refractivity contribution in [2.75, 3.05) is 12.4 Å². The highest BCUT2D eigenvalue weighted by molar-refractivity contribution is 5.50. The maximum Gasteiger partial charge on any atom is 0.222 e. The van der Waals surface area contributed by atoms with Gasteiger partial charge in [-0.15, -0.1) is 0 Å². The van der Waals surface area contributed by atoms with E-state index in [2.05, 4.69) is 29.1 Å². The summed E-state index contributed by atoms with van der Waals surface area (Å²) < 4.78 is 6.10. The molecule has 0 atom stereocenters. The summed E-state index contributed by atoms with van der Waals surface area (Å²) in [6.45, 7) is 4.29. The summed E-state index contributed by atoms with van der Waals surface area (Å²) in [6, 6.07) is 0. The standard InChI is InChI=1S/C14H23N3O/c1-10(2)12-13(15-3)16-9-17-14(12)18-11-7-5-4-6-8-11/h9-11H,4-8H2,1-3H3,(H,15,16,17). The Kier molecular flexibility index (Phi) is 4.39. The van der Waals surface area contributed by atoms with E-state index in [0.29, 0.717) is 12.0 Å². The molecule has 0 amide bonds. The van der Waals surface area contributed by atoms with Gasteiger partial charge in [0, 0.05) is 7.05 Å². The summed E-state index contributed by atoms with van der Waals surface area (Å²) in [4.78, 5) is 8.60. The lowest BCUT2D eigenvalue weighted by molar-refractivity contribution is 0.146. The fraction of sp³-hybridized carbons (Fsp3) is 0.714. The number of nitrogens with zero attached hydrogens (tertiary/aromatic N) is 2. The monoisotopic (exact) mass is 249 g/mol. The quantitative estimate of drug-likeness (QED) is 0.889. The Morgan fingerprint density at radius 3 is 2.56 bits per heavy atom. The molecule has 0 saturated heterocycles. The van der Waals surface area contributed by atoms with Crippen LogP contribution in [0.4, 0.5) is 5.82 Å². The summed E-state index contributed by atoms with van der Waals surface area (Å²) >= 11 is 0. The Bertz CT molecular complexity index is 387. The molecule has 4 nitrogen and oxygen atoms in total. The lowest BCUT2D eigenvalue weighted by atomic mass is 9.97. The summed E-state index contributed by atoms with van der Waals surface area (Å²) in [5.74, 6) is 1.99. The van der Waals surface area contributed by atoms with E-state index in [9.17, 15) is 0 Å². The number of rotatable bonds is 4. The average molecular weight is 249 g/mol. The lowest BCUT2D eigenvalue weighted by Crippen LogP contribution is -2.21. The second-order valence-electron chi connectivity index (χ2n) is 5.22. The van der Waals surface area contributed by atoms with Crippen LogP contribution in [-0.2, 0) is 0 Å². The zero-order valence-corrected chi connectivity index (χ0v) is 11.6. The molecule has 2 rings (SSSR count). The van der Waals surface area contributed by atoms with Crippen LogP contribution in [0.5, 0.6) is 5.88 Å². The molecule has 1 fully saturated rings. The third-order valence-corrected chi connectivity index (χ3v) is 3.49. The molecule has 1 aliphatic rings. The van der Waals surface area contributed by atoms with Crippen molar-refractivity contribution < 1.29 is 4.74 Å². The van der Waals surface area contributed by atoms with Crippen LogP contribution in [0.25, 0.3) is 0 Å². The summed E-state index contributed by atoms with van der Waals surface area (Å²) in [5, 5.41) is 3.12. The van der Waals surface area contributed by atoms with Crippen LogP contribution in [0.15, 0.2) is 6.33 Å². The van der Waals surface area contributed by atoms with E-state index in [0.717, 1.165) is 30.1 Å². The van der Waals surface area contributed by atoms with Gasteiger partial charge >= 0.3 is 0 Å². The smallest absolute Gasteiger partial charge is 0.222 e. The molecule has 4 heteroatoms. The molecular weight excluding hydrogens is 226 g/mol. The Morgan fingerprint density at radius 2 is 1.94 bits per heavy atom. The number of anilines is 1. The highest BCUT2D eigenvalue weighted by Gasteiger charge is 2.20. The molecule has 0 radical (unpaired) electrons. The normalized spacial score (nSPS) is 16.9. The first kappa shape index (κ1) is 13.1. The van der Waals surface area contributed by atoms with E-state index in [-0.39, 0.29) is 0 Å². The second-order valence-corrected chi connectivity index (χ2v) is 5.22. The van der Waals surface area contributed by atoms with Crippen LogP contribution in [0, 0.1) is 0 Å². The predicted molar refractivity (Wildman–Crippen MR) is 73.2 cm³/mol. The molecule has 0 aliphatic heterocycles. The van der Waals surface area contributed by atoms with Gasteiger partial charge in [0.15, 0.2) is 0 Å². The zero-order chi connectivity index (χ0) is 13.0. The Hall–Kier alpha value is -1.32. The van der Waals surface area contributed by atoms with Crippen molar-refractivity contribution in [2.24, 2.45) is 0 Å². The fourth-order valence-corrected chi connectivity index (χ4v) is 2.53. The third-order valence-electron chi connectivity index (χ3n) is 3.49. The van der Waals surface area contributed by atoms with Crippen molar-refractivity contribution in [3.05, 3.63) is 11.9 Å². The van der Waals surface area contributed by atoms with E-state index >= 15 is 0 Å². The molecule has 0 spiro atoms.